The lowest BCUT2D eigenvalue weighted by Crippen LogP contribution is -2.43. The van der Waals surface area contributed by atoms with Gasteiger partial charge in [-0.05, 0) is 62.6 Å². The lowest BCUT2D eigenvalue weighted by atomic mass is 10.0. The number of piperidine rings is 1. The van der Waals surface area contributed by atoms with E-state index in [9.17, 15) is 13.2 Å². The quantitative estimate of drug-likeness (QED) is 0.500. The summed E-state index contributed by atoms with van der Waals surface area (Å²) in [5.74, 6) is -0.414. The molecule has 2 aromatic carbocycles. The van der Waals surface area contributed by atoms with Gasteiger partial charge in [0.2, 0.25) is 10.0 Å². The van der Waals surface area contributed by atoms with Gasteiger partial charge in [-0.2, -0.15) is 9.30 Å². The van der Waals surface area contributed by atoms with E-state index in [-0.39, 0.29) is 10.9 Å². The van der Waals surface area contributed by atoms with Gasteiger partial charge in [0.1, 0.15) is 0 Å². The number of sulfonamides is 1. The number of nitrogens with zero attached hydrogens (tertiary/aromatic N) is 3. The van der Waals surface area contributed by atoms with Gasteiger partial charge in [-0.3, -0.25) is 4.79 Å². The molecule has 1 aliphatic heterocycles. The molecular formula is C23H26ClN3O3S2. The van der Waals surface area contributed by atoms with Gasteiger partial charge in [-0.25, -0.2) is 8.42 Å². The summed E-state index contributed by atoms with van der Waals surface area (Å²) < 4.78 is 30.8. The van der Waals surface area contributed by atoms with Crippen molar-refractivity contribution in [1.82, 2.24) is 8.87 Å². The highest BCUT2D eigenvalue weighted by Crippen LogP contribution is 2.28. The van der Waals surface area contributed by atoms with Crippen molar-refractivity contribution in [2.24, 2.45) is 4.99 Å². The largest absolute Gasteiger partial charge is 0.315 e. The third-order valence-corrected chi connectivity index (χ3v) is 9.23. The van der Waals surface area contributed by atoms with Crippen LogP contribution >= 0.6 is 22.9 Å². The molecule has 0 N–H and O–H groups in total. The standard InChI is InChI=1S/C23H26ClN3O3S2/c1-3-17-8-5-6-15-27(17)32(29,30)18-13-11-16(12-14-18)22(28)25-23-26(4-2)21-19(24)9-7-10-20(21)31-23/h7,9-14,17H,3-6,8,15H2,1-2H3. The highest BCUT2D eigenvalue weighted by atomic mass is 35.5. The fourth-order valence-corrected chi connectivity index (χ4v) is 7.44. The van der Waals surface area contributed by atoms with Crippen LogP contribution in [0.25, 0.3) is 10.2 Å². The SMILES string of the molecule is CCC1CCCCN1S(=O)(=O)c1ccc(C(=O)N=c2sc3cccc(Cl)c3n2CC)cc1. The second-order valence-electron chi connectivity index (χ2n) is 7.83. The molecule has 1 aliphatic rings. The summed E-state index contributed by atoms with van der Waals surface area (Å²) in [6.07, 6.45) is 3.62. The van der Waals surface area contributed by atoms with E-state index in [1.807, 2.05) is 36.6 Å². The molecule has 1 unspecified atom stereocenters. The molecule has 1 fully saturated rings. The Balaban J connectivity index is 1.65. The molecule has 170 valence electrons. The zero-order chi connectivity index (χ0) is 22.9. The zero-order valence-electron chi connectivity index (χ0n) is 18.1. The van der Waals surface area contributed by atoms with E-state index in [1.54, 1.807) is 16.4 Å². The molecule has 0 bridgehead atoms. The molecule has 0 aliphatic carbocycles. The van der Waals surface area contributed by atoms with Crippen molar-refractivity contribution in [2.75, 3.05) is 6.54 Å². The topological polar surface area (TPSA) is 71.7 Å². The van der Waals surface area contributed by atoms with Crippen LogP contribution in [0.3, 0.4) is 0 Å². The van der Waals surface area contributed by atoms with Crippen LogP contribution in [0.4, 0.5) is 0 Å². The van der Waals surface area contributed by atoms with Crippen molar-refractivity contribution in [1.29, 1.82) is 0 Å². The minimum absolute atomic E-state index is 0.0364. The average molecular weight is 492 g/mol. The molecule has 1 saturated heterocycles. The molecule has 0 radical (unpaired) electrons. The van der Waals surface area contributed by atoms with Gasteiger partial charge in [0.15, 0.2) is 4.80 Å². The number of carbonyl (C=O) groups is 1. The molecule has 0 saturated carbocycles. The first-order valence-electron chi connectivity index (χ1n) is 10.9. The number of para-hydroxylation sites is 1. The lowest BCUT2D eigenvalue weighted by Gasteiger charge is -2.34. The molecule has 32 heavy (non-hydrogen) atoms. The molecule has 4 rings (SSSR count). The zero-order valence-corrected chi connectivity index (χ0v) is 20.5. The number of aryl methyl sites for hydroxylation is 1. The maximum absolute atomic E-state index is 13.1. The van der Waals surface area contributed by atoms with Crippen molar-refractivity contribution in [3.8, 4) is 0 Å². The molecule has 1 aromatic heterocycles. The number of aromatic nitrogens is 1. The fourth-order valence-electron chi connectivity index (χ4n) is 4.22. The van der Waals surface area contributed by atoms with Crippen molar-refractivity contribution < 1.29 is 13.2 Å². The lowest BCUT2D eigenvalue weighted by molar-refractivity contribution is 0.0997. The predicted molar refractivity (Wildman–Crippen MR) is 129 cm³/mol. The molecule has 0 spiro atoms. The normalized spacial score (nSPS) is 18.3. The third kappa shape index (κ3) is 4.29. The summed E-state index contributed by atoms with van der Waals surface area (Å²) in [6, 6.07) is 11.8. The van der Waals surface area contributed by atoms with Crippen LogP contribution in [0, 0.1) is 0 Å². The van der Waals surface area contributed by atoms with Crippen molar-refractivity contribution in [2.45, 2.75) is 57.0 Å². The number of rotatable bonds is 5. The smallest absolute Gasteiger partial charge is 0.279 e. The Labute approximate surface area is 197 Å². The first-order chi connectivity index (χ1) is 15.4. The molecule has 9 heteroatoms. The monoisotopic (exact) mass is 491 g/mol. The van der Waals surface area contributed by atoms with E-state index < -0.39 is 15.9 Å². The second-order valence-corrected chi connectivity index (χ2v) is 11.1. The Morgan fingerprint density at radius 3 is 2.59 bits per heavy atom. The minimum Gasteiger partial charge on any atom is -0.315 e. The minimum atomic E-state index is -3.58. The summed E-state index contributed by atoms with van der Waals surface area (Å²) >= 11 is 7.75. The van der Waals surface area contributed by atoms with Gasteiger partial charge in [-0.15, -0.1) is 0 Å². The van der Waals surface area contributed by atoms with E-state index in [4.69, 9.17) is 11.6 Å². The summed E-state index contributed by atoms with van der Waals surface area (Å²) in [6.45, 7) is 5.16. The van der Waals surface area contributed by atoms with Gasteiger partial charge in [-0.1, -0.05) is 42.3 Å². The van der Waals surface area contributed by atoms with Gasteiger partial charge in [0.25, 0.3) is 5.91 Å². The van der Waals surface area contributed by atoms with Gasteiger partial charge < -0.3 is 4.57 Å². The number of halogens is 1. The summed E-state index contributed by atoms with van der Waals surface area (Å²) in [5, 5.41) is 0.618. The van der Waals surface area contributed by atoms with Crippen LogP contribution < -0.4 is 4.80 Å². The second kappa shape index (κ2) is 9.47. The van der Waals surface area contributed by atoms with Crippen LogP contribution in [0.1, 0.15) is 49.9 Å². The van der Waals surface area contributed by atoms with Gasteiger partial charge >= 0.3 is 0 Å². The number of carbonyl (C=O) groups excluding carboxylic acids is 1. The molecule has 1 atom stereocenters. The fraction of sp³-hybridized carbons (Fsp3) is 0.391. The van der Waals surface area contributed by atoms with Crippen molar-refractivity contribution >= 4 is 49.1 Å². The first-order valence-corrected chi connectivity index (χ1v) is 13.5. The average Bonchev–Trinajstić information content (AvgIpc) is 3.17. The molecular weight excluding hydrogens is 466 g/mol. The highest BCUT2D eigenvalue weighted by molar-refractivity contribution is 7.89. The number of hydrogen-bond acceptors (Lipinski definition) is 4. The third-order valence-electron chi connectivity index (χ3n) is 5.92. The Kier molecular flexibility index (Phi) is 6.86. The van der Waals surface area contributed by atoms with Crippen LogP contribution in [-0.2, 0) is 16.6 Å². The van der Waals surface area contributed by atoms with E-state index in [1.165, 1.54) is 23.5 Å². The summed E-state index contributed by atoms with van der Waals surface area (Å²) in [7, 11) is -3.58. The van der Waals surface area contributed by atoms with E-state index >= 15 is 0 Å². The Morgan fingerprint density at radius 2 is 1.91 bits per heavy atom. The number of hydrogen-bond donors (Lipinski definition) is 0. The Bertz CT molecular complexity index is 1310. The highest BCUT2D eigenvalue weighted by Gasteiger charge is 2.32. The summed E-state index contributed by atoms with van der Waals surface area (Å²) in [4.78, 5) is 17.9. The Morgan fingerprint density at radius 1 is 1.16 bits per heavy atom. The number of amides is 1. The van der Waals surface area contributed by atoms with E-state index in [2.05, 4.69) is 4.99 Å². The van der Waals surface area contributed by atoms with Crippen LogP contribution in [0.5, 0.6) is 0 Å². The molecule has 6 nitrogen and oxygen atoms in total. The number of benzene rings is 2. The van der Waals surface area contributed by atoms with Crippen LogP contribution in [-0.4, -0.2) is 35.8 Å². The van der Waals surface area contributed by atoms with Crippen LogP contribution in [0.2, 0.25) is 5.02 Å². The van der Waals surface area contributed by atoms with E-state index in [0.717, 1.165) is 35.9 Å². The van der Waals surface area contributed by atoms with Gasteiger partial charge in [0.05, 0.1) is 20.1 Å². The molecule has 1 amide bonds. The molecule has 3 aromatic rings. The maximum Gasteiger partial charge on any atom is 0.279 e. The maximum atomic E-state index is 13.1. The molecule has 2 heterocycles. The van der Waals surface area contributed by atoms with Gasteiger partial charge in [0, 0.05) is 24.7 Å². The number of fused-ring (bicyclic) bond motifs is 1. The van der Waals surface area contributed by atoms with Crippen molar-refractivity contribution in [3.63, 3.8) is 0 Å². The predicted octanol–water partition coefficient (Wildman–Crippen LogP) is 5.07. The number of thiazole rings is 1. The first kappa shape index (κ1) is 23.2. The Hall–Kier alpha value is -2.00. The van der Waals surface area contributed by atoms with Crippen molar-refractivity contribution in [3.05, 3.63) is 57.9 Å². The summed E-state index contributed by atoms with van der Waals surface area (Å²) in [5.41, 5.74) is 1.21. The van der Waals surface area contributed by atoms with Crippen LogP contribution in [0.15, 0.2) is 52.4 Å². The van der Waals surface area contributed by atoms with E-state index in [0.29, 0.717) is 28.5 Å².